The second kappa shape index (κ2) is 4.72. The summed E-state index contributed by atoms with van der Waals surface area (Å²) in [6.07, 6.45) is 0.887. The minimum absolute atomic E-state index is 0.176. The van der Waals surface area contributed by atoms with Crippen LogP contribution in [-0.2, 0) is 6.42 Å². The summed E-state index contributed by atoms with van der Waals surface area (Å²) in [5.41, 5.74) is 9.79. The van der Waals surface area contributed by atoms with Gasteiger partial charge < -0.3 is 5.73 Å². The van der Waals surface area contributed by atoms with Gasteiger partial charge in [-0.2, -0.15) is 0 Å². The van der Waals surface area contributed by atoms with Gasteiger partial charge >= 0.3 is 0 Å². The fourth-order valence-electron chi connectivity index (χ4n) is 2.06. The molecule has 0 fully saturated rings. The predicted molar refractivity (Wildman–Crippen MR) is 73.8 cm³/mol. The highest BCUT2D eigenvalue weighted by Gasteiger charge is 2.14. The number of nitrogens with two attached hydrogens (primary N) is 1. The SMILES string of the molecule is CC(C)(N)Cc1ccccc1-c1ccccc1. The van der Waals surface area contributed by atoms with Crippen LogP contribution >= 0.6 is 0 Å². The quantitative estimate of drug-likeness (QED) is 0.848. The van der Waals surface area contributed by atoms with Crippen molar-refractivity contribution < 1.29 is 0 Å². The zero-order valence-electron chi connectivity index (χ0n) is 10.5. The molecule has 1 nitrogen and oxygen atoms in total. The molecule has 2 aromatic carbocycles. The van der Waals surface area contributed by atoms with Crippen LogP contribution in [0.15, 0.2) is 54.6 Å². The average Bonchev–Trinajstić information content (AvgIpc) is 2.29. The summed E-state index contributed by atoms with van der Waals surface area (Å²) in [6.45, 7) is 4.13. The molecule has 2 rings (SSSR count). The zero-order valence-corrected chi connectivity index (χ0v) is 10.5. The van der Waals surface area contributed by atoms with Crippen LogP contribution in [0.1, 0.15) is 19.4 Å². The molecule has 0 aliphatic carbocycles. The molecule has 0 amide bonds. The van der Waals surface area contributed by atoms with Gasteiger partial charge in [-0.1, -0.05) is 54.6 Å². The Morgan fingerprint density at radius 3 is 2.12 bits per heavy atom. The van der Waals surface area contributed by atoms with Gasteiger partial charge in [-0.05, 0) is 37.0 Å². The number of hydrogen-bond donors (Lipinski definition) is 1. The Bertz CT molecular complexity index is 480. The maximum absolute atomic E-state index is 6.11. The minimum Gasteiger partial charge on any atom is -0.325 e. The topological polar surface area (TPSA) is 26.0 Å². The van der Waals surface area contributed by atoms with Crippen molar-refractivity contribution in [2.45, 2.75) is 25.8 Å². The highest BCUT2D eigenvalue weighted by atomic mass is 14.7. The second-order valence-corrected chi connectivity index (χ2v) is 5.19. The fraction of sp³-hybridized carbons (Fsp3) is 0.250. The first-order valence-electron chi connectivity index (χ1n) is 5.98. The van der Waals surface area contributed by atoms with Crippen molar-refractivity contribution in [1.29, 1.82) is 0 Å². The monoisotopic (exact) mass is 225 g/mol. The van der Waals surface area contributed by atoms with Gasteiger partial charge in [0.05, 0.1) is 0 Å². The molecule has 0 spiro atoms. The molecular weight excluding hydrogens is 206 g/mol. The Morgan fingerprint density at radius 1 is 0.882 bits per heavy atom. The van der Waals surface area contributed by atoms with Crippen LogP contribution in [0.3, 0.4) is 0 Å². The van der Waals surface area contributed by atoms with Gasteiger partial charge in [-0.25, -0.2) is 0 Å². The summed E-state index contributed by atoms with van der Waals surface area (Å²) in [4.78, 5) is 0. The molecule has 0 saturated carbocycles. The maximum Gasteiger partial charge on any atom is 0.0138 e. The lowest BCUT2D eigenvalue weighted by molar-refractivity contribution is 0.517. The molecule has 1 heteroatoms. The third-order valence-electron chi connectivity index (χ3n) is 2.75. The molecule has 88 valence electrons. The van der Waals surface area contributed by atoms with E-state index in [4.69, 9.17) is 5.73 Å². The second-order valence-electron chi connectivity index (χ2n) is 5.19. The van der Waals surface area contributed by atoms with Gasteiger partial charge in [0.15, 0.2) is 0 Å². The highest BCUT2D eigenvalue weighted by molar-refractivity contribution is 5.67. The molecule has 0 aliphatic rings. The molecule has 2 N–H and O–H groups in total. The van der Waals surface area contributed by atoms with Gasteiger partial charge in [-0.3, -0.25) is 0 Å². The van der Waals surface area contributed by atoms with E-state index >= 15 is 0 Å². The molecule has 0 radical (unpaired) electrons. The zero-order chi connectivity index (χ0) is 12.3. The van der Waals surface area contributed by atoms with Gasteiger partial charge in [0, 0.05) is 5.54 Å². The molecule has 0 unspecified atom stereocenters. The summed E-state index contributed by atoms with van der Waals surface area (Å²) in [7, 11) is 0. The highest BCUT2D eigenvalue weighted by Crippen LogP contribution is 2.25. The fourth-order valence-corrected chi connectivity index (χ4v) is 2.06. The molecule has 0 saturated heterocycles. The molecule has 0 aliphatic heterocycles. The largest absolute Gasteiger partial charge is 0.325 e. The molecule has 2 aromatic rings. The third kappa shape index (κ3) is 3.18. The Morgan fingerprint density at radius 2 is 1.47 bits per heavy atom. The van der Waals surface area contributed by atoms with E-state index < -0.39 is 0 Å². The van der Waals surface area contributed by atoms with E-state index in [0.717, 1.165) is 6.42 Å². The van der Waals surface area contributed by atoms with Crippen LogP contribution in [0, 0.1) is 0 Å². The average molecular weight is 225 g/mol. The summed E-state index contributed by atoms with van der Waals surface area (Å²) < 4.78 is 0. The van der Waals surface area contributed by atoms with E-state index in [2.05, 4.69) is 62.4 Å². The first kappa shape index (κ1) is 11.9. The van der Waals surface area contributed by atoms with Crippen LogP contribution < -0.4 is 5.73 Å². The number of benzene rings is 2. The van der Waals surface area contributed by atoms with E-state index in [1.54, 1.807) is 0 Å². The molecule has 0 atom stereocenters. The maximum atomic E-state index is 6.11. The van der Waals surface area contributed by atoms with Crippen molar-refractivity contribution in [1.82, 2.24) is 0 Å². The standard InChI is InChI=1S/C16H19N/c1-16(2,17)12-14-10-6-7-11-15(14)13-8-4-3-5-9-13/h3-11H,12,17H2,1-2H3. The molecular formula is C16H19N. The first-order chi connectivity index (χ1) is 8.06. The van der Waals surface area contributed by atoms with E-state index in [0.29, 0.717) is 0 Å². The van der Waals surface area contributed by atoms with Crippen molar-refractivity contribution in [2.24, 2.45) is 5.73 Å². The van der Waals surface area contributed by atoms with E-state index in [1.807, 2.05) is 6.07 Å². The van der Waals surface area contributed by atoms with Crippen molar-refractivity contribution in [3.8, 4) is 11.1 Å². The van der Waals surface area contributed by atoms with Crippen molar-refractivity contribution in [2.75, 3.05) is 0 Å². The van der Waals surface area contributed by atoms with Crippen LogP contribution in [0.2, 0.25) is 0 Å². The summed E-state index contributed by atoms with van der Waals surface area (Å²) in [5.74, 6) is 0. The molecule has 17 heavy (non-hydrogen) atoms. The first-order valence-corrected chi connectivity index (χ1v) is 5.98. The Hall–Kier alpha value is -1.60. The van der Waals surface area contributed by atoms with Gasteiger partial charge in [0.2, 0.25) is 0 Å². The normalized spacial score (nSPS) is 11.5. The van der Waals surface area contributed by atoms with Gasteiger partial charge in [0.25, 0.3) is 0 Å². The molecule has 0 bridgehead atoms. The number of hydrogen-bond acceptors (Lipinski definition) is 1. The molecule has 0 heterocycles. The summed E-state index contributed by atoms with van der Waals surface area (Å²) in [6, 6.07) is 18.9. The van der Waals surface area contributed by atoms with Crippen molar-refractivity contribution in [3.63, 3.8) is 0 Å². The van der Waals surface area contributed by atoms with Crippen LogP contribution in [0.4, 0.5) is 0 Å². The van der Waals surface area contributed by atoms with E-state index in [9.17, 15) is 0 Å². The van der Waals surface area contributed by atoms with Crippen LogP contribution in [0.5, 0.6) is 0 Å². The smallest absolute Gasteiger partial charge is 0.0138 e. The lowest BCUT2D eigenvalue weighted by Gasteiger charge is -2.20. The summed E-state index contributed by atoms with van der Waals surface area (Å²) >= 11 is 0. The Balaban J connectivity index is 2.41. The number of rotatable bonds is 3. The predicted octanol–water partition coefficient (Wildman–Crippen LogP) is 3.63. The van der Waals surface area contributed by atoms with Crippen LogP contribution in [-0.4, -0.2) is 5.54 Å². The lowest BCUT2D eigenvalue weighted by atomic mass is 9.90. The Kier molecular flexibility index (Phi) is 3.30. The van der Waals surface area contributed by atoms with Gasteiger partial charge in [-0.15, -0.1) is 0 Å². The van der Waals surface area contributed by atoms with E-state index in [-0.39, 0.29) is 5.54 Å². The van der Waals surface area contributed by atoms with Crippen LogP contribution in [0.25, 0.3) is 11.1 Å². The third-order valence-corrected chi connectivity index (χ3v) is 2.75. The van der Waals surface area contributed by atoms with Crippen molar-refractivity contribution in [3.05, 3.63) is 60.2 Å². The summed E-state index contributed by atoms with van der Waals surface area (Å²) in [5, 5.41) is 0. The van der Waals surface area contributed by atoms with Gasteiger partial charge in [0.1, 0.15) is 0 Å². The van der Waals surface area contributed by atoms with E-state index in [1.165, 1.54) is 16.7 Å². The minimum atomic E-state index is -0.176. The Labute approximate surface area is 103 Å². The molecule has 0 aromatic heterocycles. The lowest BCUT2D eigenvalue weighted by Crippen LogP contribution is -2.34. The van der Waals surface area contributed by atoms with Crippen molar-refractivity contribution >= 4 is 0 Å².